The second-order valence-corrected chi connectivity index (χ2v) is 3.66. The summed E-state index contributed by atoms with van der Waals surface area (Å²) in [7, 11) is 0. The van der Waals surface area contributed by atoms with Crippen molar-refractivity contribution < 1.29 is 9.18 Å². The van der Waals surface area contributed by atoms with Crippen LogP contribution in [0, 0.1) is 5.82 Å². The minimum atomic E-state index is -0.310. The van der Waals surface area contributed by atoms with Gasteiger partial charge in [0.1, 0.15) is 5.82 Å². The molecular weight excluding hydrogens is 233 g/mol. The van der Waals surface area contributed by atoms with Gasteiger partial charge in [-0.05, 0) is 25.1 Å². The summed E-state index contributed by atoms with van der Waals surface area (Å²) in [6.07, 6.45) is 3.57. The van der Waals surface area contributed by atoms with Crippen LogP contribution in [0.4, 0.5) is 16.0 Å². The Morgan fingerprint density at radius 2 is 2.06 bits per heavy atom. The predicted molar refractivity (Wildman–Crippen MR) is 66.5 cm³/mol. The van der Waals surface area contributed by atoms with E-state index in [0.29, 0.717) is 30.0 Å². The average Bonchev–Trinajstić information content (AvgIpc) is 2.40. The largest absolute Gasteiger partial charge is 0.311 e. The number of carbonyl (C=O) groups is 1. The van der Waals surface area contributed by atoms with Crippen molar-refractivity contribution in [2.45, 2.75) is 6.92 Å². The second kappa shape index (κ2) is 5.35. The van der Waals surface area contributed by atoms with Crippen molar-refractivity contribution in [3.8, 4) is 0 Å². The van der Waals surface area contributed by atoms with Gasteiger partial charge in [-0.1, -0.05) is 6.07 Å². The van der Waals surface area contributed by atoms with Crippen LogP contribution < -0.4 is 4.90 Å². The highest BCUT2D eigenvalue weighted by molar-refractivity contribution is 5.73. The molecule has 0 saturated heterocycles. The number of hydrogen-bond acceptors (Lipinski definition) is 4. The van der Waals surface area contributed by atoms with E-state index in [2.05, 4.69) is 9.97 Å². The van der Waals surface area contributed by atoms with E-state index in [1.807, 2.05) is 6.92 Å². The lowest BCUT2D eigenvalue weighted by molar-refractivity contribution is 0.112. The molecule has 0 fully saturated rings. The van der Waals surface area contributed by atoms with Gasteiger partial charge in [0.05, 0.1) is 5.56 Å². The Balaban J connectivity index is 2.35. The van der Waals surface area contributed by atoms with Crippen molar-refractivity contribution >= 4 is 17.9 Å². The molecule has 18 heavy (non-hydrogen) atoms. The highest BCUT2D eigenvalue weighted by Crippen LogP contribution is 2.21. The number of rotatable bonds is 4. The smallest absolute Gasteiger partial charge is 0.229 e. The Morgan fingerprint density at radius 1 is 1.33 bits per heavy atom. The van der Waals surface area contributed by atoms with Crippen molar-refractivity contribution in [1.29, 1.82) is 0 Å². The molecule has 4 nitrogen and oxygen atoms in total. The third kappa shape index (κ3) is 2.51. The highest BCUT2D eigenvalue weighted by Gasteiger charge is 2.10. The normalized spacial score (nSPS) is 10.1. The maximum atomic E-state index is 13.2. The summed E-state index contributed by atoms with van der Waals surface area (Å²) in [4.78, 5) is 20.5. The van der Waals surface area contributed by atoms with Crippen LogP contribution in [0.15, 0.2) is 36.7 Å². The van der Waals surface area contributed by atoms with E-state index in [1.54, 1.807) is 17.0 Å². The number of benzene rings is 1. The van der Waals surface area contributed by atoms with E-state index in [1.165, 1.54) is 24.5 Å². The van der Waals surface area contributed by atoms with E-state index in [9.17, 15) is 9.18 Å². The zero-order valence-corrected chi connectivity index (χ0v) is 9.88. The van der Waals surface area contributed by atoms with Gasteiger partial charge in [0.15, 0.2) is 6.29 Å². The van der Waals surface area contributed by atoms with Crippen LogP contribution in [0.2, 0.25) is 0 Å². The van der Waals surface area contributed by atoms with Crippen LogP contribution in [-0.4, -0.2) is 22.8 Å². The summed E-state index contributed by atoms with van der Waals surface area (Å²) in [5, 5.41) is 0. The third-order valence-corrected chi connectivity index (χ3v) is 2.47. The van der Waals surface area contributed by atoms with E-state index in [-0.39, 0.29) is 5.82 Å². The fraction of sp³-hybridized carbons (Fsp3) is 0.154. The molecule has 92 valence electrons. The lowest BCUT2D eigenvalue weighted by Crippen LogP contribution is -2.18. The first kappa shape index (κ1) is 12.2. The van der Waals surface area contributed by atoms with Crippen LogP contribution >= 0.6 is 0 Å². The second-order valence-electron chi connectivity index (χ2n) is 3.66. The predicted octanol–water partition coefficient (Wildman–Crippen LogP) is 2.59. The summed E-state index contributed by atoms with van der Waals surface area (Å²) in [6, 6.07) is 6.21. The summed E-state index contributed by atoms with van der Waals surface area (Å²) in [5.41, 5.74) is 1.09. The van der Waals surface area contributed by atoms with Gasteiger partial charge >= 0.3 is 0 Å². The lowest BCUT2D eigenvalue weighted by atomic mass is 10.3. The number of aromatic nitrogens is 2. The molecule has 5 heteroatoms. The summed E-state index contributed by atoms with van der Waals surface area (Å²) < 4.78 is 13.2. The number of nitrogens with zero attached hydrogens (tertiary/aromatic N) is 3. The number of carbonyl (C=O) groups excluding carboxylic acids is 1. The molecule has 0 N–H and O–H groups in total. The van der Waals surface area contributed by atoms with Crippen LogP contribution in [-0.2, 0) is 0 Å². The molecule has 2 rings (SSSR count). The molecule has 0 aliphatic heterocycles. The molecule has 0 saturated carbocycles. The van der Waals surface area contributed by atoms with Crippen LogP contribution in [0.1, 0.15) is 17.3 Å². The van der Waals surface area contributed by atoms with Crippen molar-refractivity contribution in [2.75, 3.05) is 11.4 Å². The van der Waals surface area contributed by atoms with Crippen LogP contribution in [0.5, 0.6) is 0 Å². The molecule has 2 aromatic rings. The van der Waals surface area contributed by atoms with Crippen molar-refractivity contribution in [2.24, 2.45) is 0 Å². The van der Waals surface area contributed by atoms with Crippen LogP contribution in [0.3, 0.4) is 0 Å². The maximum absolute atomic E-state index is 13.2. The molecule has 0 atom stereocenters. The van der Waals surface area contributed by atoms with Crippen molar-refractivity contribution in [3.05, 3.63) is 48.0 Å². The topological polar surface area (TPSA) is 46.1 Å². The summed E-state index contributed by atoms with van der Waals surface area (Å²) >= 11 is 0. The molecule has 0 unspecified atom stereocenters. The van der Waals surface area contributed by atoms with Gasteiger partial charge in [0.25, 0.3) is 0 Å². The minimum Gasteiger partial charge on any atom is -0.311 e. The molecular formula is C13H12FN3O. The summed E-state index contributed by atoms with van der Waals surface area (Å²) in [5.74, 6) is 0.129. The maximum Gasteiger partial charge on any atom is 0.229 e. The molecule has 0 spiro atoms. The molecule has 0 aliphatic rings. The van der Waals surface area contributed by atoms with Gasteiger partial charge in [0.2, 0.25) is 5.95 Å². The Labute approximate surface area is 104 Å². The number of anilines is 2. The molecule has 1 aromatic heterocycles. The SMILES string of the molecule is CCN(c1cccc(F)c1)c1ncc(C=O)cn1. The number of aldehydes is 1. The van der Waals surface area contributed by atoms with Gasteiger partial charge in [-0.2, -0.15) is 0 Å². The molecule has 0 aliphatic carbocycles. The van der Waals surface area contributed by atoms with Crippen molar-refractivity contribution in [1.82, 2.24) is 9.97 Å². The van der Waals surface area contributed by atoms with E-state index in [0.717, 1.165) is 0 Å². The minimum absolute atomic E-state index is 0.310. The number of halogens is 1. The molecule has 0 amide bonds. The average molecular weight is 245 g/mol. The van der Waals surface area contributed by atoms with E-state index >= 15 is 0 Å². The zero-order chi connectivity index (χ0) is 13.0. The Kier molecular flexibility index (Phi) is 3.62. The van der Waals surface area contributed by atoms with Gasteiger partial charge in [0, 0.05) is 24.6 Å². The quantitative estimate of drug-likeness (QED) is 0.777. The standard InChI is InChI=1S/C13H12FN3O/c1-2-17(12-5-3-4-11(14)6-12)13-15-7-10(9-18)8-16-13/h3-9H,2H2,1H3. The van der Waals surface area contributed by atoms with Crippen molar-refractivity contribution in [3.63, 3.8) is 0 Å². The fourth-order valence-corrected chi connectivity index (χ4v) is 1.61. The highest BCUT2D eigenvalue weighted by atomic mass is 19.1. The Bertz CT molecular complexity index is 542. The first-order valence-corrected chi connectivity index (χ1v) is 5.55. The fourth-order valence-electron chi connectivity index (χ4n) is 1.61. The molecule has 0 bridgehead atoms. The Morgan fingerprint density at radius 3 is 2.61 bits per heavy atom. The summed E-state index contributed by atoms with van der Waals surface area (Å²) in [6.45, 7) is 2.52. The third-order valence-electron chi connectivity index (χ3n) is 2.47. The first-order valence-electron chi connectivity index (χ1n) is 5.55. The number of hydrogen-bond donors (Lipinski definition) is 0. The molecule has 1 heterocycles. The zero-order valence-electron chi connectivity index (χ0n) is 9.88. The molecule has 1 aromatic carbocycles. The molecule has 0 radical (unpaired) electrons. The van der Waals surface area contributed by atoms with E-state index in [4.69, 9.17) is 0 Å². The van der Waals surface area contributed by atoms with E-state index < -0.39 is 0 Å². The van der Waals surface area contributed by atoms with Crippen LogP contribution in [0.25, 0.3) is 0 Å². The first-order chi connectivity index (χ1) is 8.74. The van der Waals surface area contributed by atoms with Gasteiger partial charge in [-0.3, -0.25) is 4.79 Å². The van der Waals surface area contributed by atoms with Gasteiger partial charge < -0.3 is 4.90 Å². The Hall–Kier alpha value is -2.30. The lowest BCUT2D eigenvalue weighted by Gasteiger charge is -2.20. The van der Waals surface area contributed by atoms with Gasteiger partial charge in [-0.25, -0.2) is 14.4 Å². The monoisotopic (exact) mass is 245 g/mol. The van der Waals surface area contributed by atoms with Gasteiger partial charge in [-0.15, -0.1) is 0 Å².